The van der Waals surface area contributed by atoms with Crippen molar-refractivity contribution in [1.29, 1.82) is 0 Å². The quantitative estimate of drug-likeness (QED) is 0.327. The molecule has 0 aliphatic rings. The molecule has 0 saturated heterocycles. The lowest BCUT2D eigenvalue weighted by molar-refractivity contribution is 0.392. The van der Waals surface area contributed by atoms with Crippen molar-refractivity contribution in [2.75, 3.05) is 13.1 Å². The van der Waals surface area contributed by atoms with Crippen LogP contribution in [-0.4, -0.2) is 38.8 Å². The molecule has 0 radical (unpaired) electrons. The van der Waals surface area contributed by atoms with E-state index in [0.29, 0.717) is 6.54 Å². The number of nitrogens with one attached hydrogen (secondary N) is 2. The van der Waals surface area contributed by atoms with Gasteiger partial charge >= 0.3 is 0 Å². The third-order valence-corrected chi connectivity index (χ3v) is 3.96. The number of aryl methyl sites for hydroxylation is 2. The summed E-state index contributed by atoms with van der Waals surface area (Å²) in [5, 5.41) is 18.9. The van der Waals surface area contributed by atoms with Crippen molar-refractivity contribution in [2.24, 2.45) is 4.99 Å². The molecule has 26 heavy (non-hydrogen) atoms. The molecule has 0 saturated carbocycles. The zero-order chi connectivity index (χ0) is 17.6. The lowest BCUT2D eigenvalue weighted by Gasteiger charge is -2.11. The Balaban J connectivity index is 0.00000243. The van der Waals surface area contributed by atoms with Crippen LogP contribution in [0.3, 0.4) is 0 Å². The first-order valence-corrected chi connectivity index (χ1v) is 8.41. The molecule has 0 bridgehead atoms. The molecule has 0 atom stereocenters. The van der Waals surface area contributed by atoms with Gasteiger partial charge in [-0.05, 0) is 39.3 Å². The SMILES string of the molecule is CCNC(=NCc1nnc2ccccn12)NCCc1c(C)noc1C.I. The van der Waals surface area contributed by atoms with Crippen LogP contribution in [-0.2, 0) is 13.0 Å². The van der Waals surface area contributed by atoms with Crippen LogP contribution in [0.4, 0.5) is 0 Å². The second kappa shape index (κ2) is 9.51. The highest BCUT2D eigenvalue weighted by molar-refractivity contribution is 14.0. The average Bonchev–Trinajstić information content (AvgIpc) is 3.17. The van der Waals surface area contributed by atoms with Gasteiger partial charge in [-0.25, -0.2) is 4.99 Å². The smallest absolute Gasteiger partial charge is 0.191 e. The van der Waals surface area contributed by atoms with Crippen molar-refractivity contribution >= 4 is 35.6 Å². The van der Waals surface area contributed by atoms with Crippen LogP contribution >= 0.6 is 24.0 Å². The Hall–Kier alpha value is -2.17. The first-order chi connectivity index (χ1) is 12.2. The molecule has 0 unspecified atom stereocenters. The van der Waals surface area contributed by atoms with Crippen LogP contribution in [0.15, 0.2) is 33.9 Å². The highest BCUT2D eigenvalue weighted by atomic mass is 127. The molecule has 2 N–H and O–H groups in total. The minimum Gasteiger partial charge on any atom is -0.361 e. The molecule has 0 amide bonds. The fraction of sp³-hybridized carbons (Fsp3) is 0.412. The first kappa shape index (κ1) is 20.1. The van der Waals surface area contributed by atoms with Gasteiger partial charge in [0.1, 0.15) is 12.3 Å². The van der Waals surface area contributed by atoms with Crippen LogP contribution in [0.2, 0.25) is 0 Å². The third-order valence-electron chi connectivity index (χ3n) is 3.96. The van der Waals surface area contributed by atoms with Crippen LogP contribution in [0.5, 0.6) is 0 Å². The predicted octanol–water partition coefficient (Wildman–Crippen LogP) is 2.25. The fourth-order valence-corrected chi connectivity index (χ4v) is 2.65. The Morgan fingerprint density at radius 1 is 1.23 bits per heavy atom. The highest BCUT2D eigenvalue weighted by Crippen LogP contribution is 2.12. The van der Waals surface area contributed by atoms with E-state index in [1.54, 1.807) is 0 Å². The average molecular weight is 469 g/mol. The van der Waals surface area contributed by atoms with Crippen molar-refractivity contribution in [1.82, 2.24) is 30.4 Å². The molecule has 0 aliphatic heterocycles. The normalized spacial score (nSPS) is 11.4. The predicted molar refractivity (Wildman–Crippen MR) is 111 cm³/mol. The number of aliphatic imine (C=N–C) groups is 1. The summed E-state index contributed by atoms with van der Waals surface area (Å²) in [6.45, 7) is 7.92. The summed E-state index contributed by atoms with van der Waals surface area (Å²) < 4.78 is 7.14. The highest BCUT2D eigenvalue weighted by Gasteiger charge is 2.09. The monoisotopic (exact) mass is 469 g/mol. The van der Waals surface area contributed by atoms with E-state index in [9.17, 15) is 0 Å². The number of pyridine rings is 1. The summed E-state index contributed by atoms with van der Waals surface area (Å²) in [7, 11) is 0. The molecular weight excluding hydrogens is 445 g/mol. The molecule has 3 rings (SSSR count). The summed E-state index contributed by atoms with van der Waals surface area (Å²) in [5.41, 5.74) is 2.91. The zero-order valence-electron chi connectivity index (χ0n) is 15.2. The summed E-state index contributed by atoms with van der Waals surface area (Å²) in [6.07, 6.45) is 2.78. The molecule has 3 aromatic rings. The van der Waals surface area contributed by atoms with E-state index >= 15 is 0 Å². The maximum absolute atomic E-state index is 5.20. The van der Waals surface area contributed by atoms with E-state index in [0.717, 1.165) is 54.0 Å². The zero-order valence-corrected chi connectivity index (χ0v) is 17.5. The van der Waals surface area contributed by atoms with Gasteiger partial charge in [-0.3, -0.25) is 4.40 Å². The molecule has 0 fully saturated rings. The van der Waals surface area contributed by atoms with Crippen LogP contribution in [0, 0.1) is 13.8 Å². The lowest BCUT2D eigenvalue weighted by Crippen LogP contribution is -2.38. The van der Waals surface area contributed by atoms with Gasteiger partial charge in [0.15, 0.2) is 17.4 Å². The Morgan fingerprint density at radius 3 is 2.81 bits per heavy atom. The number of fused-ring (bicyclic) bond motifs is 1. The maximum atomic E-state index is 5.20. The number of halogens is 1. The molecule has 0 aliphatic carbocycles. The van der Waals surface area contributed by atoms with E-state index in [1.807, 2.05) is 49.6 Å². The molecule has 0 spiro atoms. The van der Waals surface area contributed by atoms with Crippen LogP contribution in [0.1, 0.15) is 29.8 Å². The van der Waals surface area contributed by atoms with E-state index in [1.165, 1.54) is 0 Å². The number of guanidine groups is 1. The molecule has 9 heteroatoms. The molecule has 3 heterocycles. The van der Waals surface area contributed by atoms with E-state index in [4.69, 9.17) is 4.52 Å². The summed E-state index contributed by atoms with van der Waals surface area (Å²) in [4.78, 5) is 4.60. The van der Waals surface area contributed by atoms with Crippen LogP contribution < -0.4 is 10.6 Å². The Bertz CT molecular complexity index is 852. The minimum absolute atomic E-state index is 0. The Labute approximate surface area is 169 Å². The van der Waals surface area contributed by atoms with Gasteiger partial charge in [-0.15, -0.1) is 34.2 Å². The van der Waals surface area contributed by atoms with Crippen LogP contribution in [0.25, 0.3) is 5.65 Å². The van der Waals surface area contributed by atoms with Crippen molar-refractivity contribution in [2.45, 2.75) is 33.7 Å². The maximum Gasteiger partial charge on any atom is 0.191 e. The molecule has 140 valence electrons. The summed E-state index contributed by atoms with van der Waals surface area (Å²) in [6, 6.07) is 5.82. The first-order valence-electron chi connectivity index (χ1n) is 8.41. The van der Waals surface area contributed by atoms with Crippen molar-refractivity contribution in [3.8, 4) is 0 Å². The van der Waals surface area contributed by atoms with E-state index in [-0.39, 0.29) is 24.0 Å². The number of aromatic nitrogens is 4. The largest absolute Gasteiger partial charge is 0.361 e. The van der Waals surface area contributed by atoms with Gasteiger partial charge < -0.3 is 15.2 Å². The molecule has 0 aromatic carbocycles. The number of hydrogen-bond donors (Lipinski definition) is 2. The van der Waals surface area contributed by atoms with Gasteiger partial charge in [0.05, 0.1) is 5.69 Å². The molecule has 3 aromatic heterocycles. The van der Waals surface area contributed by atoms with Gasteiger partial charge in [-0.2, -0.15) is 0 Å². The Morgan fingerprint density at radius 2 is 2.08 bits per heavy atom. The lowest BCUT2D eigenvalue weighted by atomic mass is 10.1. The standard InChI is InChI=1S/C17H23N7O.HI/c1-4-18-17(19-9-8-14-12(2)23-25-13(14)3)20-11-16-22-21-15-7-5-6-10-24(15)16;/h5-7,10H,4,8-9,11H2,1-3H3,(H2,18,19,20);1H. The Kier molecular flexibility index (Phi) is 7.37. The number of hydrogen-bond acceptors (Lipinski definition) is 5. The molecule has 8 nitrogen and oxygen atoms in total. The summed E-state index contributed by atoms with van der Waals surface area (Å²) >= 11 is 0. The second-order valence-electron chi connectivity index (χ2n) is 5.72. The van der Waals surface area contributed by atoms with E-state index in [2.05, 4.69) is 31.0 Å². The minimum atomic E-state index is 0. The summed E-state index contributed by atoms with van der Waals surface area (Å²) in [5.74, 6) is 2.43. The fourth-order valence-electron chi connectivity index (χ4n) is 2.65. The van der Waals surface area contributed by atoms with E-state index < -0.39 is 0 Å². The van der Waals surface area contributed by atoms with Gasteiger partial charge in [0.2, 0.25) is 0 Å². The van der Waals surface area contributed by atoms with Gasteiger partial charge in [-0.1, -0.05) is 11.2 Å². The third kappa shape index (κ3) is 4.71. The molecular formula is C17H24IN7O. The topological polar surface area (TPSA) is 92.6 Å². The van der Waals surface area contributed by atoms with Gasteiger partial charge in [0.25, 0.3) is 0 Å². The van der Waals surface area contributed by atoms with Gasteiger partial charge in [0, 0.05) is 24.8 Å². The number of nitrogens with zero attached hydrogens (tertiary/aromatic N) is 5. The number of rotatable bonds is 6. The second-order valence-corrected chi connectivity index (χ2v) is 5.72. The van der Waals surface area contributed by atoms with Crippen molar-refractivity contribution in [3.63, 3.8) is 0 Å². The van der Waals surface area contributed by atoms with Crippen molar-refractivity contribution in [3.05, 3.63) is 47.2 Å². The van der Waals surface area contributed by atoms with Crippen molar-refractivity contribution < 1.29 is 4.52 Å².